The van der Waals surface area contributed by atoms with E-state index in [0.717, 1.165) is 0 Å². The van der Waals surface area contributed by atoms with Crippen molar-refractivity contribution >= 4 is 25.3 Å². The first kappa shape index (κ1) is 15.8. The Kier molecular flexibility index (Phi) is 8.90. The highest BCUT2D eigenvalue weighted by atomic mass is 32.2. The van der Waals surface area contributed by atoms with Gasteiger partial charge in [0.25, 0.3) is 0 Å². The van der Waals surface area contributed by atoms with Gasteiger partial charge in [-0.3, -0.25) is 0 Å². The molecule has 0 bridgehead atoms. The molecule has 0 saturated heterocycles. The highest BCUT2D eigenvalue weighted by molar-refractivity contribution is 8.00. The predicted octanol–water partition coefficient (Wildman–Crippen LogP) is 6.02. The summed E-state index contributed by atoms with van der Waals surface area (Å²) in [7, 11) is 0. The van der Waals surface area contributed by atoms with Gasteiger partial charge in [-0.2, -0.15) is 25.3 Å². The Balaban J connectivity index is 2.22. The fourth-order valence-electron chi connectivity index (χ4n) is 2.71. The van der Waals surface area contributed by atoms with Crippen LogP contribution in [0.1, 0.15) is 89.9 Å². The van der Waals surface area contributed by atoms with Crippen molar-refractivity contribution in [2.75, 3.05) is 0 Å². The minimum absolute atomic E-state index is 0.000178. The maximum absolute atomic E-state index is 4.71. The zero-order valence-corrected chi connectivity index (χ0v) is 13.1. The van der Waals surface area contributed by atoms with Crippen LogP contribution < -0.4 is 0 Å². The molecule has 1 fully saturated rings. The van der Waals surface area contributed by atoms with Crippen LogP contribution in [0.4, 0.5) is 0 Å². The van der Waals surface area contributed by atoms with Gasteiger partial charge in [0.05, 0.1) is 4.08 Å². The second-order valence-electron chi connectivity index (χ2n) is 5.73. The first-order chi connectivity index (χ1) is 8.21. The summed E-state index contributed by atoms with van der Waals surface area (Å²) in [6, 6.07) is 0. The molecule has 1 aliphatic carbocycles. The monoisotopic (exact) mass is 274 g/mol. The van der Waals surface area contributed by atoms with Crippen LogP contribution in [0.3, 0.4) is 0 Å². The third kappa shape index (κ3) is 9.30. The van der Waals surface area contributed by atoms with Gasteiger partial charge < -0.3 is 0 Å². The molecule has 2 heteroatoms. The first-order valence-electron chi connectivity index (χ1n) is 7.65. The van der Waals surface area contributed by atoms with E-state index in [2.05, 4.69) is 0 Å². The van der Waals surface area contributed by atoms with Crippen LogP contribution >= 0.6 is 25.3 Å². The van der Waals surface area contributed by atoms with E-state index in [0.29, 0.717) is 0 Å². The largest absolute Gasteiger partial charge is 0.162 e. The molecule has 0 N–H and O–H groups in total. The second-order valence-corrected chi connectivity index (χ2v) is 7.79. The van der Waals surface area contributed by atoms with Crippen molar-refractivity contribution in [3.63, 3.8) is 0 Å². The normalized spacial score (nSPS) is 25.8. The third-order valence-electron chi connectivity index (χ3n) is 3.90. The molecule has 1 rings (SSSR count). The molecule has 0 heterocycles. The van der Waals surface area contributed by atoms with E-state index in [1.165, 1.54) is 89.9 Å². The van der Waals surface area contributed by atoms with Gasteiger partial charge in [-0.15, -0.1) is 0 Å². The van der Waals surface area contributed by atoms with Gasteiger partial charge in [0.15, 0.2) is 0 Å². The second kappa shape index (κ2) is 9.61. The Hall–Kier alpha value is 0.700. The highest BCUT2D eigenvalue weighted by Crippen LogP contribution is 2.33. The zero-order valence-electron chi connectivity index (χ0n) is 11.3. The van der Waals surface area contributed by atoms with Crippen LogP contribution in [0.15, 0.2) is 0 Å². The molecule has 0 unspecified atom stereocenters. The van der Waals surface area contributed by atoms with Crippen molar-refractivity contribution in [2.24, 2.45) is 0 Å². The van der Waals surface area contributed by atoms with Gasteiger partial charge in [0.1, 0.15) is 0 Å². The Morgan fingerprint density at radius 2 is 0.647 bits per heavy atom. The van der Waals surface area contributed by atoms with E-state index >= 15 is 0 Å². The molecule has 0 atom stereocenters. The summed E-state index contributed by atoms with van der Waals surface area (Å²) in [4.78, 5) is 0. The van der Waals surface area contributed by atoms with Crippen molar-refractivity contribution in [3.05, 3.63) is 0 Å². The lowest BCUT2D eigenvalue weighted by Gasteiger charge is -2.22. The minimum atomic E-state index is 0.000178. The average Bonchev–Trinajstić information content (AvgIpc) is 2.29. The van der Waals surface area contributed by atoms with E-state index in [1.54, 1.807) is 0 Å². The molecule has 0 aromatic rings. The van der Waals surface area contributed by atoms with Crippen LogP contribution in [0.5, 0.6) is 0 Å². The van der Waals surface area contributed by atoms with Crippen molar-refractivity contribution < 1.29 is 0 Å². The summed E-state index contributed by atoms with van der Waals surface area (Å²) in [5, 5.41) is 0. The van der Waals surface area contributed by atoms with Gasteiger partial charge in [0, 0.05) is 0 Å². The maximum Gasteiger partial charge on any atom is 0.0552 e. The molecule has 0 radical (unpaired) electrons. The molecular weight excluding hydrogens is 244 g/mol. The lowest BCUT2D eigenvalue weighted by Crippen LogP contribution is -2.12. The Morgan fingerprint density at radius 1 is 0.412 bits per heavy atom. The summed E-state index contributed by atoms with van der Waals surface area (Å²) in [5.74, 6) is 0. The van der Waals surface area contributed by atoms with Gasteiger partial charge in [-0.1, -0.05) is 77.0 Å². The lowest BCUT2D eigenvalue weighted by molar-refractivity contribution is 0.540. The number of rotatable bonds is 0. The fraction of sp³-hybridized carbons (Fsp3) is 1.00. The average molecular weight is 275 g/mol. The molecule has 17 heavy (non-hydrogen) atoms. The number of hydrogen-bond donors (Lipinski definition) is 2. The molecule has 0 aromatic heterocycles. The molecule has 102 valence electrons. The van der Waals surface area contributed by atoms with Crippen LogP contribution in [0.2, 0.25) is 0 Å². The standard InChI is InChI=1S/C15H30S2/c16-15(17)13-11-9-7-5-3-1-2-4-6-8-10-12-14-15/h16-17H,1-14H2. The summed E-state index contributed by atoms with van der Waals surface area (Å²) in [6.07, 6.45) is 19.3. The van der Waals surface area contributed by atoms with Gasteiger partial charge in [-0.05, 0) is 12.8 Å². The fourth-order valence-corrected chi connectivity index (χ4v) is 3.34. The maximum atomic E-state index is 4.71. The minimum Gasteiger partial charge on any atom is -0.162 e. The summed E-state index contributed by atoms with van der Waals surface area (Å²) in [6.45, 7) is 0. The van der Waals surface area contributed by atoms with E-state index in [4.69, 9.17) is 25.3 Å². The van der Waals surface area contributed by atoms with Crippen LogP contribution in [-0.2, 0) is 0 Å². The highest BCUT2D eigenvalue weighted by Gasteiger charge is 2.18. The Bertz CT molecular complexity index is 160. The summed E-state index contributed by atoms with van der Waals surface area (Å²) >= 11 is 9.43. The van der Waals surface area contributed by atoms with E-state index in [1.807, 2.05) is 0 Å². The third-order valence-corrected chi connectivity index (χ3v) is 4.80. The molecule has 1 saturated carbocycles. The van der Waals surface area contributed by atoms with Crippen molar-refractivity contribution in [2.45, 2.75) is 94.0 Å². The summed E-state index contributed by atoms with van der Waals surface area (Å²) < 4.78 is 0.000178. The molecule has 1 aliphatic rings. The molecule has 0 aromatic carbocycles. The van der Waals surface area contributed by atoms with Crippen molar-refractivity contribution in [1.82, 2.24) is 0 Å². The zero-order chi connectivity index (χ0) is 12.4. The molecular formula is C15H30S2. The molecule has 0 aliphatic heterocycles. The smallest absolute Gasteiger partial charge is 0.0552 e. The Labute approximate surface area is 119 Å². The molecule has 0 amide bonds. The quantitative estimate of drug-likeness (QED) is 0.392. The van der Waals surface area contributed by atoms with E-state index in [-0.39, 0.29) is 4.08 Å². The summed E-state index contributed by atoms with van der Waals surface area (Å²) in [5.41, 5.74) is 0. The van der Waals surface area contributed by atoms with Crippen molar-refractivity contribution in [3.8, 4) is 0 Å². The van der Waals surface area contributed by atoms with Crippen LogP contribution in [0, 0.1) is 0 Å². The van der Waals surface area contributed by atoms with Crippen LogP contribution in [-0.4, -0.2) is 4.08 Å². The van der Waals surface area contributed by atoms with Crippen LogP contribution in [0.25, 0.3) is 0 Å². The SMILES string of the molecule is SC1(S)CCCCCCCCCCCCCC1. The van der Waals surface area contributed by atoms with Crippen molar-refractivity contribution in [1.29, 1.82) is 0 Å². The van der Waals surface area contributed by atoms with E-state index < -0.39 is 0 Å². The number of hydrogen-bond acceptors (Lipinski definition) is 2. The van der Waals surface area contributed by atoms with Gasteiger partial charge in [-0.25, -0.2) is 0 Å². The lowest BCUT2D eigenvalue weighted by atomic mass is 10.0. The molecule has 0 spiro atoms. The van der Waals surface area contributed by atoms with E-state index in [9.17, 15) is 0 Å². The molecule has 0 nitrogen and oxygen atoms in total. The topological polar surface area (TPSA) is 0 Å². The van der Waals surface area contributed by atoms with Gasteiger partial charge in [0.2, 0.25) is 0 Å². The Morgan fingerprint density at radius 3 is 0.941 bits per heavy atom. The number of thiol groups is 2. The first-order valence-corrected chi connectivity index (χ1v) is 8.55. The predicted molar refractivity (Wildman–Crippen MR) is 85.3 cm³/mol. The van der Waals surface area contributed by atoms with Gasteiger partial charge >= 0.3 is 0 Å².